The molecule has 0 unspecified atom stereocenters. The lowest BCUT2D eigenvalue weighted by Crippen LogP contribution is -2.50. The van der Waals surface area contributed by atoms with Crippen LogP contribution in [0.3, 0.4) is 0 Å². The van der Waals surface area contributed by atoms with Gasteiger partial charge in [0.25, 0.3) is 21.6 Å². The van der Waals surface area contributed by atoms with Gasteiger partial charge in [0.2, 0.25) is 5.75 Å². The highest BCUT2D eigenvalue weighted by molar-refractivity contribution is 7.86. The highest BCUT2D eigenvalue weighted by atomic mass is 32.2. The molecule has 1 aliphatic carbocycles. The summed E-state index contributed by atoms with van der Waals surface area (Å²) in [6.45, 7) is 2.99. The van der Waals surface area contributed by atoms with Gasteiger partial charge in [-0.2, -0.15) is 8.42 Å². The van der Waals surface area contributed by atoms with Gasteiger partial charge in [0.1, 0.15) is 23.8 Å². The lowest BCUT2D eigenvalue weighted by Gasteiger charge is -2.41. The Bertz CT molecular complexity index is 2100. The number of aromatic nitrogens is 2. The average Bonchev–Trinajstić information content (AvgIpc) is 3.32. The number of ether oxygens (including phenoxy) is 1. The minimum Gasteiger partial charge on any atom is -0.501 e. The molecule has 1 saturated carbocycles. The number of hydrogen-bond acceptors (Lipinski definition) is 9. The van der Waals surface area contributed by atoms with E-state index >= 15 is 0 Å². The molecule has 1 aromatic heterocycles. The predicted molar refractivity (Wildman–Crippen MR) is 179 cm³/mol. The molecule has 1 fully saturated rings. The van der Waals surface area contributed by atoms with Crippen LogP contribution < -0.4 is 16.2 Å². The summed E-state index contributed by atoms with van der Waals surface area (Å²) in [5, 5.41) is 16.5. The van der Waals surface area contributed by atoms with E-state index in [-0.39, 0.29) is 49.9 Å². The molecule has 4 aromatic rings. The summed E-state index contributed by atoms with van der Waals surface area (Å²) >= 11 is 0. The van der Waals surface area contributed by atoms with Crippen LogP contribution in [0.5, 0.6) is 5.75 Å². The van der Waals surface area contributed by atoms with Crippen molar-refractivity contribution in [2.24, 2.45) is 5.41 Å². The zero-order chi connectivity index (χ0) is 35.7. The molecule has 3 aliphatic rings. The molecule has 0 spiro atoms. The Kier molecular flexibility index (Phi) is 9.51. The number of aromatic hydroxyl groups is 1. The fourth-order valence-electron chi connectivity index (χ4n) is 6.52. The van der Waals surface area contributed by atoms with Crippen LogP contribution in [0.15, 0.2) is 82.5 Å². The molecular formula is C36H37FN4O8S. The monoisotopic (exact) mass is 704 g/mol. The fraction of sp³-hybridized carbons (Fsp3) is 0.333. The first kappa shape index (κ1) is 34.8. The Morgan fingerprint density at radius 2 is 1.68 bits per heavy atom. The van der Waals surface area contributed by atoms with E-state index in [2.05, 4.69) is 15.6 Å². The lowest BCUT2D eigenvalue weighted by molar-refractivity contribution is 0.0558. The SMILES string of the molecule is Cc1ccc(S(=O)(=O)OCC23CCC(NC(=O)OCc4ccccc4)(CC2)c2nc(C(=O)NCc4ccc(F)c(C)c4)c(O)c(=O)n2C3)cc1. The smallest absolute Gasteiger partial charge is 0.408 e. The maximum Gasteiger partial charge on any atom is 0.408 e. The van der Waals surface area contributed by atoms with Crippen molar-refractivity contribution in [1.82, 2.24) is 20.2 Å². The number of alkyl carbamates (subject to hydrolysis) is 1. The topological polar surface area (TPSA) is 166 Å². The Morgan fingerprint density at radius 3 is 2.36 bits per heavy atom. The van der Waals surface area contributed by atoms with E-state index < -0.39 is 55.9 Å². The van der Waals surface area contributed by atoms with Crippen molar-refractivity contribution in [2.75, 3.05) is 6.61 Å². The molecule has 2 bridgehead atoms. The number of carbonyl (C=O) groups excluding carboxylic acids is 2. The summed E-state index contributed by atoms with van der Waals surface area (Å²) in [5.41, 5.74) is -1.08. The van der Waals surface area contributed by atoms with E-state index in [0.717, 1.165) is 11.1 Å². The van der Waals surface area contributed by atoms with Crippen LogP contribution in [-0.2, 0) is 44.3 Å². The Morgan fingerprint density at radius 1 is 0.980 bits per heavy atom. The van der Waals surface area contributed by atoms with Crippen molar-refractivity contribution >= 4 is 22.1 Å². The van der Waals surface area contributed by atoms with E-state index in [9.17, 15) is 32.3 Å². The van der Waals surface area contributed by atoms with E-state index in [4.69, 9.17) is 8.92 Å². The molecule has 12 nitrogen and oxygen atoms in total. The highest BCUT2D eigenvalue weighted by Crippen LogP contribution is 2.50. The van der Waals surface area contributed by atoms with Crippen molar-refractivity contribution in [1.29, 1.82) is 0 Å². The zero-order valence-electron chi connectivity index (χ0n) is 27.6. The van der Waals surface area contributed by atoms with Crippen LogP contribution in [0, 0.1) is 25.1 Å². The molecule has 14 heteroatoms. The van der Waals surface area contributed by atoms with E-state index in [0.29, 0.717) is 24.0 Å². The third-order valence-electron chi connectivity index (χ3n) is 9.51. The summed E-state index contributed by atoms with van der Waals surface area (Å²) in [6.07, 6.45) is 0.241. The van der Waals surface area contributed by atoms with Crippen molar-refractivity contribution in [3.8, 4) is 5.75 Å². The van der Waals surface area contributed by atoms with Crippen LogP contribution in [0.25, 0.3) is 0 Å². The number of nitrogens with zero attached hydrogens (tertiary/aromatic N) is 2. The first-order valence-corrected chi connectivity index (χ1v) is 17.5. The predicted octanol–water partition coefficient (Wildman–Crippen LogP) is 4.74. The van der Waals surface area contributed by atoms with Gasteiger partial charge in [-0.3, -0.25) is 18.3 Å². The Balaban J connectivity index is 1.32. The minimum absolute atomic E-state index is 0.00978. The molecule has 3 N–H and O–H groups in total. The summed E-state index contributed by atoms with van der Waals surface area (Å²) in [6, 6.07) is 19.6. The molecule has 262 valence electrons. The number of halogens is 1. The molecule has 2 aliphatic heterocycles. The second kappa shape index (κ2) is 13.7. The number of fused-ring (bicyclic) bond motifs is 2. The van der Waals surface area contributed by atoms with Gasteiger partial charge in [-0.25, -0.2) is 14.2 Å². The number of rotatable bonds is 10. The van der Waals surface area contributed by atoms with E-state index in [1.807, 2.05) is 25.1 Å². The number of amides is 2. The maximum atomic E-state index is 13.9. The third-order valence-corrected chi connectivity index (χ3v) is 10.8. The van der Waals surface area contributed by atoms with Crippen molar-refractivity contribution in [3.63, 3.8) is 0 Å². The summed E-state index contributed by atoms with van der Waals surface area (Å²) in [7, 11) is -4.15. The minimum atomic E-state index is -4.15. The van der Waals surface area contributed by atoms with Crippen LogP contribution >= 0.6 is 0 Å². The van der Waals surface area contributed by atoms with Crippen LogP contribution in [0.4, 0.5) is 9.18 Å². The number of aryl methyl sites for hydroxylation is 2. The molecule has 0 radical (unpaired) electrons. The van der Waals surface area contributed by atoms with E-state index in [1.165, 1.54) is 28.8 Å². The maximum absolute atomic E-state index is 13.9. The van der Waals surface area contributed by atoms with Gasteiger partial charge in [0.05, 0.1) is 11.5 Å². The average molecular weight is 705 g/mol. The normalized spacial score (nSPS) is 19.7. The first-order chi connectivity index (χ1) is 23.8. The van der Waals surface area contributed by atoms with Gasteiger partial charge in [-0.15, -0.1) is 0 Å². The Labute approximate surface area is 288 Å². The van der Waals surface area contributed by atoms with Gasteiger partial charge in [-0.1, -0.05) is 60.2 Å². The lowest BCUT2D eigenvalue weighted by atomic mass is 9.69. The van der Waals surface area contributed by atoms with Crippen molar-refractivity contribution in [3.05, 3.63) is 123 Å². The van der Waals surface area contributed by atoms with Crippen LogP contribution in [0.2, 0.25) is 0 Å². The van der Waals surface area contributed by atoms with Gasteiger partial charge >= 0.3 is 6.09 Å². The highest BCUT2D eigenvalue weighted by Gasteiger charge is 2.52. The van der Waals surface area contributed by atoms with E-state index in [1.54, 1.807) is 37.3 Å². The molecule has 2 amide bonds. The van der Waals surface area contributed by atoms with Gasteiger partial charge in [0.15, 0.2) is 5.69 Å². The van der Waals surface area contributed by atoms with Crippen LogP contribution in [0.1, 0.15) is 64.2 Å². The van der Waals surface area contributed by atoms with Gasteiger partial charge in [-0.05, 0) is 74.4 Å². The number of benzene rings is 3. The zero-order valence-corrected chi connectivity index (χ0v) is 28.4. The molecule has 7 rings (SSSR count). The number of nitrogens with one attached hydrogen (secondary N) is 2. The molecule has 3 heterocycles. The van der Waals surface area contributed by atoms with Crippen molar-refractivity contribution in [2.45, 2.75) is 69.7 Å². The number of hydrogen-bond donors (Lipinski definition) is 3. The third kappa shape index (κ3) is 7.12. The summed E-state index contributed by atoms with van der Waals surface area (Å²) in [5.74, 6) is -2.13. The first-order valence-electron chi connectivity index (χ1n) is 16.1. The number of carbonyl (C=O) groups is 2. The second-order valence-corrected chi connectivity index (χ2v) is 14.7. The molecule has 50 heavy (non-hydrogen) atoms. The Hall–Kier alpha value is -5.08. The second-order valence-electron chi connectivity index (χ2n) is 13.1. The molecule has 0 atom stereocenters. The van der Waals surface area contributed by atoms with Gasteiger partial charge in [0, 0.05) is 18.5 Å². The molecule has 3 aromatic carbocycles. The standard InChI is InChI=1S/C36H37FN4O8S/c1-23-8-11-27(12-9-23)50(46,47)49-22-35-14-16-36(17-15-35,40-34(45)48-20-25-6-4-3-5-7-25)33-39-29(30(42)32(44)41(33)21-35)31(43)38-19-26-10-13-28(37)24(2)18-26/h3-13,18,42H,14-17,19-22H2,1-2H3,(H,38,43)(H,40,45). The largest absolute Gasteiger partial charge is 0.501 e. The van der Waals surface area contributed by atoms with Crippen LogP contribution in [-0.4, -0.2) is 41.7 Å². The van der Waals surface area contributed by atoms with Gasteiger partial charge < -0.3 is 20.5 Å². The quantitative estimate of drug-likeness (QED) is 0.198. The molecule has 0 saturated heterocycles. The van der Waals surface area contributed by atoms with Crippen molar-refractivity contribution < 1.29 is 36.4 Å². The summed E-state index contributed by atoms with van der Waals surface area (Å²) in [4.78, 5) is 45.0. The molecular weight excluding hydrogens is 667 g/mol. The fourth-order valence-corrected chi connectivity index (χ4v) is 7.53. The summed E-state index contributed by atoms with van der Waals surface area (Å²) < 4.78 is 52.4.